The number of hydrogen-bond acceptors (Lipinski definition) is 3. The molecule has 0 heterocycles. The van der Waals surface area contributed by atoms with Crippen LogP contribution in [0.4, 0.5) is 0 Å². The van der Waals surface area contributed by atoms with Gasteiger partial charge in [-0.05, 0) is 6.42 Å². The minimum Gasteiger partial charge on any atom is -0.379 e. The molecule has 0 atom stereocenters. The van der Waals surface area contributed by atoms with Crippen molar-refractivity contribution in [3.05, 3.63) is 0 Å². The van der Waals surface area contributed by atoms with Gasteiger partial charge in [0.2, 0.25) is 0 Å². The summed E-state index contributed by atoms with van der Waals surface area (Å²) in [6.07, 6.45) is 21.5. The monoisotopic (exact) mass is 394 g/mol. The van der Waals surface area contributed by atoms with E-state index >= 15 is 0 Å². The summed E-state index contributed by atoms with van der Waals surface area (Å²) < 4.78 is 20.0. The van der Waals surface area contributed by atoms with Gasteiger partial charge in [-0.3, -0.25) is 4.52 Å². The lowest BCUT2D eigenvalue weighted by molar-refractivity contribution is 0.0831. The van der Waals surface area contributed by atoms with E-state index in [4.69, 9.17) is 14.5 Å². The maximum Gasteiger partial charge on any atom is 0.469 e. The zero-order valence-electron chi connectivity index (χ0n) is 17.0. The minimum atomic E-state index is -4.34. The Hall–Kier alpha value is 0.0700. The predicted octanol–water partition coefficient (Wildman–Crippen LogP) is 6.37. The first-order valence-electron chi connectivity index (χ1n) is 10.8. The fraction of sp³-hybridized carbons (Fsp3) is 1.00. The van der Waals surface area contributed by atoms with Gasteiger partial charge in [0.15, 0.2) is 0 Å². The van der Waals surface area contributed by atoms with Crippen LogP contribution in [0.1, 0.15) is 110 Å². The Morgan fingerprint density at radius 2 is 0.962 bits per heavy atom. The van der Waals surface area contributed by atoms with Crippen molar-refractivity contribution in [3.8, 4) is 0 Å². The Morgan fingerprint density at radius 1 is 0.577 bits per heavy atom. The second-order valence-corrected chi connectivity index (χ2v) is 8.48. The molecule has 0 unspecified atom stereocenters. The number of hydrogen-bond donors (Lipinski definition) is 2. The van der Waals surface area contributed by atoms with Crippen molar-refractivity contribution in [1.82, 2.24) is 0 Å². The molecule has 0 bridgehead atoms. The van der Waals surface area contributed by atoms with E-state index in [1.54, 1.807) is 0 Å². The molecule has 158 valence electrons. The molecular formula is C20H43O5P. The number of phosphoric acid groups is 1. The van der Waals surface area contributed by atoms with Gasteiger partial charge in [-0.2, -0.15) is 0 Å². The van der Waals surface area contributed by atoms with Gasteiger partial charge >= 0.3 is 7.82 Å². The van der Waals surface area contributed by atoms with E-state index in [-0.39, 0.29) is 13.2 Å². The van der Waals surface area contributed by atoms with Gasteiger partial charge in [0.05, 0.1) is 13.2 Å². The first-order valence-corrected chi connectivity index (χ1v) is 12.4. The molecular weight excluding hydrogens is 351 g/mol. The summed E-state index contributed by atoms with van der Waals surface area (Å²) in [5.41, 5.74) is 0. The Kier molecular flexibility index (Phi) is 19.9. The molecule has 0 spiro atoms. The van der Waals surface area contributed by atoms with Crippen LogP contribution >= 0.6 is 7.82 Å². The molecule has 6 heteroatoms. The fourth-order valence-electron chi connectivity index (χ4n) is 3.07. The molecule has 0 aliphatic rings. The lowest BCUT2D eigenvalue weighted by atomic mass is 10.0. The second kappa shape index (κ2) is 19.8. The normalized spacial score (nSPS) is 12.0. The maximum atomic E-state index is 10.4. The summed E-state index contributed by atoms with van der Waals surface area (Å²) in [5.74, 6) is 0. The Morgan fingerprint density at radius 3 is 1.35 bits per heavy atom. The van der Waals surface area contributed by atoms with Crippen LogP contribution in [0.25, 0.3) is 0 Å². The molecule has 0 fully saturated rings. The molecule has 0 aromatic rings. The van der Waals surface area contributed by atoms with Crippen molar-refractivity contribution in [1.29, 1.82) is 0 Å². The molecule has 0 aliphatic carbocycles. The highest BCUT2D eigenvalue weighted by atomic mass is 31.2. The largest absolute Gasteiger partial charge is 0.469 e. The highest BCUT2D eigenvalue weighted by Gasteiger charge is 2.12. The van der Waals surface area contributed by atoms with Crippen LogP contribution in [0, 0.1) is 0 Å². The Bertz CT molecular complexity index is 319. The van der Waals surface area contributed by atoms with Crippen LogP contribution in [0.5, 0.6) is 0 Å². The zero-order chi connectivity index (χ0) is 19.3. The van der Waals surface area contributed by atoms with E-state index < -0.39 is 7.82 Å². The highest BCUT2D eigenvalue weighted by Crippen LogP contribution is 2.35. The van der Waals surface area contributed by atoms with Gasteiger partial charge in [-0.15, -0.1) is 0 Å². The first-order chi connectivity index (χ1) is 12.6. The number of phosphoric ester groups is 1. The number of ether oxygens (including phenoxy) is 1. The minimum absolute atomic E-state index is 0.0524. The van der Waals surface area contributed by atoms with Gasteiger partial charge in [0.1, 0.15) is 0 Å². The van der Waals surface area contributed by atoms with E-state index in [9.17, 15) is 4.57 Å². The number of unbranched alkanes of at least 4 members (excludes halogenated alkanes) is 15. The van der Waals surface area contributed by atoms with Crippen LogP contribution in [0.2, 0.25) is 0 Å². The van der Waals surface area contributed by atoms with Gasteiger partial charge in [-0.25, -0.2) is 4.57 Å². The van der Waals surface area contributed by atoms with Crippen molar-refractivity contribution in [2.24, 2.45) is 0 Å². The standard InChI is InChI=1S/C20H43O5P/c1-2-3-4-5-6-7-8-9-10-11-12-13-14-15-16-17-18-24-19-20-25-26(21,22)23/h2-20H2,1H3,(H2,21,22,23). The molecule has 2 N–H and O–H groups in total. The smallest absolute Gasteiger partial charge is 0.379 e. The summed E-state index contributed by atoms with van der Waals surface area (Å²) in [6.45, 7) is 3.10. The molecule has 0 aromatic heterocycles. The fourth-order valence-corrected chi connectivity index (χ4v) is 3.38. The Labute approximate surface area is 161 Å². The van der Waals surface area contributed by atoms with Gasteiger partial charge in [0, 0.05) is 6.61 Å². The quantitative estimate of drug-likeness (QED) is 0.175. The average Bonchev–Trinajstić information content (AvgIpc) is 2.59. The summed E-state index contributed by atoms with van der Waals surface area (Å²) in [4.78, 5) is 17.0. The molecule has 26 heavy (non-hydrogen) atoms. The first kappa shape index (κ1) is 26.1. The molecule has 0 saturated carbocycles. The molecule has 0 aliphatic heterocycles. The van der Waals surface area contributed by atoms with Crippen molar-refractivity contribution in [2.45, 2.75) is 110 Å². The van der Waals surface area contributed by atoms with Crippen LogP contribution < -0.4 is 0 Å². The third-order valence-corrected chi connectivity index (χ3v) is 5.15. The van der Waals surface area contributed by atoms with Gasteiger partial charge < -0.3 is 14.5 Å². The summed E-state index contributed by atoms with van der Waals surface area (Å²) in [6, 6.07) is 0. The summed E-state index contributed by atoms with van der Waals surface area (Å²) >= 11 is 0. The van der Waals surface area contributed by atoms with E-state index in [0.717, 1.165) is 12.8 Å². The van der Waals surface area contributed by atoms with E-state index in [0.29, 0.717) is 6.61 Å². The lowest BCUT2D eigenvalue weighted by Gasteiger charge is -2.06. The van der Waals surface area contributed by atoms with E-state index in [2.05, 4.69) is 11.4 Å². The van der Waals surface area contributed by atoms with Crippen molar-refractivity contribution < 1.29 is 23.6 Å². The average molecular weight is 395 g/mol. The molecule has 0 rings (SSSR count). The third-order valence-electron chi connectivity index (χ3n) is 4.63. The van der Waals surface area contributed by atoms with Crippen molar-refractivity contribution in [3.63, 3.8) is 0 Å². The SMILES string of the molecule is CCCCCCCCCCCCCCCCCCOCCOP(=O)(O)O. The Balaban J connectivity index is 3.02. The molecule has 5 nitrogen and oxygen atoms in total. The lowest BCUT2D eigenvalue weighted by Crippen LogP contribution is -2.04. The van der Waals surface area contributed by atoms with E-state index in [1.807, 2.05) is 0 Å². The van der Waals surface area contributed by atoms with Crippen LogP contribution in [0.15, 0.2) is 0 Å². The van der Waals surface area contributed by atoms with Crippen LogP contribution in [-0.4, -0.2) is 29.6 Å². The third kappa shape index (κ3) is 24.1. The van der Waals surface area contributed by atoms with Crippen LogP contribution in [0.3, 0.4) is 0 Å². The molecule has 0 radical (unpaired) electrons. The summed E-state index contributed by atoms with van der Waals surface area (Å²) in [5, 5.41) is 0. The maximum absolute atomic E-state index is 10.4. The zero-order valence-corrected chi connectivity index (χ0v) is 17.9. The molecule has 0 saturated heterocycles. The number of rotatable bonds is 21. The van der Waals surface area contributed by atoms with Crippen molar-refractivity contribution in [2.75, 3.05) is 19.8 Å². The van der Waals surface area contributed by atoms with Gasteiger partial charge in [0.25, 0.3) is 0 Å². The van der Waals surface area contributed by atoms with Crippen LogP contribution in [-0.2, 0) is 13.8 Å². The van der Waals surface area contributed by atoms with E-state index in [1.165, 1.54) is 89.9 Å². The highest BCUT2D eigenvalue weighted by molar-refractivity contribution is 7.46. The second-order valence-electron chi connectivity index (χ2n) is 7.24. The predicted molar refractivity (Wildman–Crippen MR) is 108 cm³/mol. The van der Waals surface area contributed by atoms with Crippen molar-refractivity contribution >= 4 is 7.82 Å². The van der Waals surface area contributed by atoms with Gasteiger partial charge in [-0.1, -0.05) is 103 Å². The summed E-state index contributed by atoms with van der Waals surface area (Å²) in [7, 11) is -4.34. The molecule has 0 amide bonds. The molecule has 0 aromatic carbocycles. The topological polar surface area (TPSA) is 76.0 Å².